The van der Waals surface area contributed by atoms with E-state index in [1.165, 1.54) is 0 Å². The number of nitrogens with zero attached hydrogens (tertiary/aromatic N) is 1. The van der Waals surface area contributed by atoms with Crippen molar-refractivity contribution < 1.29 is 0 Å². The summed E-state index contributed by atoms with van der Waals surface area (Å²) in [5.41, 5.74) is 3.31. The van der Waals surface area contributed by atoms with Gasteiger partial charge in [0.05, 0.1) is 0 Å². The fourth-order valence-electron chi connectivity index (χ4n) is 2.01. The Labute approximate surface area is 113 Å². The molecule has 0 radical (unpaired) electrons. The van der Waals surface area contributed by atoms with Crippen molar-refractivity contribution in [1.82, 2.24) is 10.3 Å². The molecule has 94 valence electrons. The van der Waals surface area contributed by atoms with Crippen molar-refractivity contribution in [2.45, 2.75) is 19.9 Å². The van der Waals surface area contributed by atoms with Gasteiger partial charge in [-0.3, -0.25) is 4.98 Å². The van der Waals surface area contributed by atoms with Gasteiger partial charge in [-0.2, -0.15) is 0 Å². The Bertz CT molecular complexity index is 511. The van der Waals surface area contributed by atoms with Gasteiger partial charge in [0.2, 0.25) is 0 Å². The molecule has 0 spiro atoms. The summed E-state index contributed by atoms with van der Waals surface area (Å²) in [6, 6.07) is 10.4. The van der Waals surface area contributed by atoms with Crippen molar-refractivity contribution in [3.63, 3.8) is 0 Å². The Morgan fingerprint density at radius 2 is 2.11 bits per heavy atom. The van der Waals surface area contributed by atoms with Crippen LogP contribution in [-0.2, 0) is 0 Å². The minimum absolute atomic E-state index is 0.269. The van der Waals surface area contributed by atoms with E-state index in [0.717, 1.165) is 28.3 Å². The molecule has 1 unspecified atom stereocenters. The number of nitrogens with one attached hydrogen (secondary N) is 1. The van der Waals surface area contributed by atoms with Gasteiger partial charge in [-0.05, 0) is 36.7 Å². The van der Waals surface area contributed by atoms with Gasteiger partial charge in [0.15, 0.2) is 0 Å². The lowest BCUT2D eigenvalue weighted by Crippen LogP contribution is -2.17. The molecule has 1 atom stereocenters. The van der Waals surface area contributed by atoms with E-state index in [2.05, 4.69) is 36.3 Å². The highest BCUT2D eigenvalue weighted by molar-refractivity contribution is 6.31. The Balaban J connectivity index is 2.31. The van der Waals surface area contributed by atoms with Crippen LogP contribution in [0.2, 0.25) is 5.02 Å². The predicted octanol–water partition coefficient (Wildman–Crippen LogP) is 4.07. The van der Waals surface area contributed by atoms with Crippen LogP contribution in [0.3, 0.4) is 0 Å². The minimum atomic E-state index is 0.269. The first-order chi connectivity index (χ1) is 8.72. The average molecular weight is 261 g/mol. The van der Waals surface area contributed by atoms with E-state index >= 15 is 0 Å². The third-order valence-electron chi connectivity index (χ3n) is 2.97. The average Bonchev–Trinajstić information content (AvgIpc) is 2.40. The molecule has 0 bridgehead atoms. The van der Waals surface area contributed by atoms with E-state index in [1.807, 2.05) is 24.4 Å². The number of benzene rings is 1. The van der Waals surface area contributed by atoms with Gasteiger partial charge in [0, 0.05) is 29.0 Å². The summed E-state index contributed by atoms with van der Waals surface area (Å²) in [7, 11) is 0. The first-order valence-electron chi connectivity index (χ1n) is 6.15. The Hall–Kier alpha value is -1.38. The number of pyridine rings is 1. The number of aromatic nitrogens is 1. The molecule has 0 saturated carbocycles. The van der Waals surface area contributed by atoms with E-state index in [9.17, 15) is 0 Å². The maximum Gasteiger partial charge on any atom is 0.0459 e. The fourth-order valence-corrected chi connectivity index (χ4v) is 2.35. The van der Waals surface area contributed by atoms with Crippen LogP contribution >= 0.6 is 11.6 Å². The normalized spacial score (nSPS) is 12.4. The molecule has 2 rings (SSSR count). The Morgan fingerprint density at radius 3 is 2.72 bits per heavy atom. The van der Waals surface area contributed by atoms with Crippen molar-refractivity contribution in [1.29, 1.82) is 0 Å². The van der Waals surface area contributed by atoms with Gasteiger partial charge < -0.3 is 5.32 Å². The molecular formula is C15H17ClN2. The second-order valence-corrected chi connectivity index (χ2v) is 4.66. The van der Waals surface area contributed by atoms with Crippen LogP contribution < -0.4 is 5.32 Å². The molecule has 0 aliphatic rings. The second kappa shape index (κ2) is 5.98. The summed E-state index contributed by atoms with van der Waals surface area (Å²) in [4.78, 5) is 4.12. The molecular weight excluding hydrogens is 244 g/mol. The van der Waals surface area contributed by atoms with Crippen LogP contribution in [0.5, 0.6) is 0 Å². The van der Waals surface area contributed by atoms with Crippen molar-refractivity contribution in [2.75, 3.05) is 6.54 Å². The molecule has 1 N–H and O–H groups in total. The van der Waals surface area contributed by atoms with Crippen LogP contribution in [0, 0.1) is 0 Å². The number of hydrogen-bond acceptors (Lipinski definition) is 2. The SMILES string of the molecule is CCNC(C)c1ccc(-c2cccnc2)cc1Cl. The summed E-state index contributed by atoms with van der Waals surface area (Å²) >= 11 is 6.35. The molecule has 1 aromatic heterocycles. The maximum absolute atomic E-state index is 6.35. The first kappa shape index (κ1) is 13.1. The molecule has 0 saturated heterocycles. The molecule has 3 heteroatoms. The van der Waals surface area contributed by atoms with Crippen LogP contribution in [0.25, 0.3) is 11.1 Å². The third kappa shape index (κ3) is 2.89. The molecule has 0 aliphatic heterocycles. The fraction of sp³-hybridized carbons (Fsp3) is 0.267. The van der Waals surface area contributed by atoms with Crippen molar-refractivity contribution >= 4 is 11.6 Å². The van der Waals surface area contributed by atoms with Gasteiger partial charge >= 0.3 is 0 Å². The zero-order valence-electron chi connectivity index (χ0n) is 10.7. The number of rotatable bonds is 4. The van der Waals surface area contributed by atoms with Crippen LogP contribution in [-0.4, -0.2) is 11.5 Å². The Kier molecular flexibility index (Phi) is 4.34. The lowest BCUT2D eigenvalue weighted by molar-refractivity contribution is 0.598. The van der Waals surface area contributed by atoms with Gasteiger partial charge in [-0.25, -0.2) is 0 Å². The molecule has 0 fully saturated rings. The van der Waals surface area contributed by atoms with Crippen molar-refractivity contribution in [3.8, 4) is 11.1 Å². The predicted molar refractivity (Wildman–Crippen MR) is 76.8 cm³/mol. The second-order valence-electron chi connectivity index (χ2n) is 4.26. The van der Waals surface area contributed by atoms with Crippen LogP contribution in [0.4, 0.5) is 0 Å². The molecule has 0 aliphatic carbocycles. The van der Waals surface area contributed by atoms with E-state index in [1.54, 1.807) is 6.20 Å². The van der Waals surface area contributed by atoms with Crippen molar-refractivity contribution in [3.05, 3.63) is 53.3 Å². The zero-order chi connectivity index (χ0) is 13.0. The van der Waals surface area contributed by atoms with Crippen molar-refractivity contribution in [2.24, 2.45) is 0 Å². The highest BCUT2D eigenvalue weighted by atomic mass is 35.5. The lowest BCUT2D eigenvalue weighted by Gasteiger charge is -2.15. The highest BCUT2D eigenvalue weighted by Crippen LogP contribution is 2.28. The summed E-state index contributed by atoms with van der Waals surface area (Å²) in [6.45, 7) is 5.14. The topological polar surface area (TPSA) is 24.9 Å². The summed E-state index contributed by atoms with van der Waals surface area (Å²) in [5.74, 6) is 0. The number of hydrogen-bond donors (Lipinski definition) is 1. The third-order valence-corrected chi connectivity index (χ3v) is 3.30. The van der Waals surface area contributed by atoms with Crippen LogP contribution in [0.15, 0.2) is 42.7 Å². The van der Waals surface area contributed by atoms with E-state index in [-0.39, 0.29) is 6.04 Å². The van der Waals surface area contributed by atoms with E-state index in [0.29, 0.717) is 0 Å². The van der Waals surface area contributed by atoms with Crippen LogP contribution in [0.1, 0.15) is 25.5 Å². The quantitative estimate of drug-likeness (QED) is 0.896. The molecule has 1 heterocycles. The first-order valence-corrected chi connectivity index (χ1v) is 6.53. The standard InChI is InChI=1S/C15H17ClN2/c1-3-18-11(2)14-7-6-12(9-15(14)16)13-5-4-8-17-10-13/h4-11,18H,3H2,1-2H3. The molecule has 18 heavy (non-hydrogen) atoms. The summed E-state index contributed by atoms with van der Waals surface area (Å²) < 4.78 is 0. The van der Waals surface area contributed by atoms with E-state index in [4.69, 9.17) is 11.6 Å². The lowest BCUT2D eigenvalue weighted by atomic mass is 10.0. The molecule has 0 amide bonds. The summed E-state index contributed by atoms with van der Waals surface area (Å²) in [5, 5.41) is 4.16. The summed E-state index contributed by atoms with van der Waals surface area (Å²) in [6.07, 6.45) is 3.62. The zero-order valence-corrected chi connectivity index (χ0v) is 11.4. The smallest absolute Gasteiger partial charge is 0.0459 e. The van der Waals surface area contributed by atoms with Gasteiger partial charge in [0.1, 0.15) is 0 Å². The highest BCUT2D eigenvalue weighted by Gasteiger charge is 2.09. The monoisotopic (exact) mass is 260 g/mol. The van der Waals surface area contributed by atoms with Gasteiger partial charge in [0.25, 0.3) is 0 Å². The molecule has 2 aromatic rings. The minimum Gasteiger partial charge on any atom is -0.310 e. The van der Waals surface area contributed by atoms with Gasteiger partial charge in [-0.15, -0.1) is 0 Å². The van der Waals surface area contributed by atoms with Gasteiger partial charge in [-0.1, -0.05) is 36.7 Å². The molecule has 2 nitrogen and oxygen atoms in total. The van der Waals surface area contributed by atoms with E-state index < -0.39 is 0 Å². The largest absolute Gasteiger partial charge is 0.310 e. The maximum atomic E-state index is 6.35. The molecule has 1 aromatic carbocycles. The number of halogens is 1. The Morgan fingerprint density at radius 1 is 1.28 bits per heavy atom.